The second-order valence-corrected chi connectivity index (χ2v) is 6.30. The lowest BCUT2D eigenvalue weighted by Crippen LogP contribution is -2.41. The van der Waals surface area contributed by atoms with Gasteiger partial charge in [0.05, 0.1) is 23.7 Å². The van der Waals surface area contributed by atoms with Crippen LogP contribution >= 0.6 is 11.6 Å². The zero-order chi connectivity index (χ0) is 14.0. The molecule has 0 unspecified atom stereocenters. The van der Waals surface area contributed by atoms with Crippen molar-refractivity contribution in [3.63, 3.8) is 0 Å². The number of carboxylic acids is 1. The van der Waals surface area contributed by atoms with E-state index in [-0.39, 0.29) is 28.6 Å². The van der Waals surface area contributed by atoms with Gasteiger partial charge in [-0.15, -0.1) is 0 Å². The van der Waals surface area contributed by atoms with Gasteiger partial charge in [0.2, 0.25) is 10.0 Å². The molecule has 1 aliphatic heterocycles. The number of ether oxygens (including phenoxy) is 1. The summed E-state index contributed by atoms with van der Waals surface area (Å²) in [6.45, 7) is 1.03. The van der Waals surface area contributed by atoms with Crippen molar-refractivity contribution in [2.24, 2.45) is 0 Å². The first-order valence-electron chi connectivity index (χ1n) is 5.53. The third-order valence-corrected chi connectivity index (χ3v) is 4.95. The van der Waals surface area contributed by atoms with Crippen molar-refractivity contribution in [3.05, 3.63) is 28.8 Å². The largest absolute Gasteiger partial charge is 0.478 e. The van der Waals surface area contributed by atoms with Crippen LogP contribution in [0.25, 0.3) is 0 Å². The van der Waals surface area contributed by atoms with E-state index in [1.165, 1.54) is 16.4 Å². The van der Waals surface area contributed by atoms with E-state index in [0.717, 1.165) is 6.07 Å². The molecule has 0 radical (unpaired) electrons. The highest BCUT2D eigenvalue weighted by Gasteiger charge is 2.30. The van der Waals surface area contributed by atoms with E-state index >= 15 is 0 Å². The number of sulfonamides is 1. The number of hydrogen-bond acceptors (Lipinski definition) is 4. The van der Waals surface area contributed by atoms with E-state index in [1.807, 2.05) is 0 Å². The Labute approximate surface area is 115 Å². The summed E-state index contributed by atoms with van der Waals surface area (Å²) in [5, 5.41) is 9.26. The third kappa shape index (κ3) is 2.89. The number of benzene rings is 1. The van der Waals surface area contributed by atoms with Gasteiger partial charge in [0.1, 0.15) is 0 Å². The van der Waals surface area contributed by atoms with E-state index in [4.69, 9.17) is 21.4 Å². The van der Waals surface area contributed by atoms with Gasteiger partial charge in [-0.25, -0.2) is 13.2 Å². The fourth-order valence-corrected chi connectivity index (χ4v) is 3.56. The first kappa shape index (κ1) is 14.3. The predicted molar refractivity (Wildman–Crippen MR) is 68.0 cm³/mol. The highest BCUT2D eigenvalue weighted by Crippen LogP contribution is 2.24. The van der Waals surface area contributed by atoms with Crippen molar-refractivity contribution < 1.29 is 23.1 Å². The van der Waals surface area contributed by atoms with Crippen LogP contribution in [0.3, 0.4) is 0 Å². The first-order chi connectivity index (χ1) is 8.93. The molecule has 1 N–H and O–H groups in total. The maximum atomic E-state index is 12.4. The zero-order valence-electron chi connectivity index (χ0n) is 9.87. The van der Waals surface area contributed by atoms with Gasteiger partial charge in [0.25, 0.3) is 0 Å². The van der Waals surface area contributed by atoms with Gasteiger partial charge in [-0.3, -0.25) is 0 Å². The summed E-state index contributed by atoms with van der Waals surface area (Å²) in [7, 11) is -3.84. The van der Waals surface area contributed by atoms with Crippen LogP contribution in [-0.4, -0.2) is 50.1 Å². The number of carbonyl (C=O) groups is 1. The number of nitrogens with zero attached hydrogens (tertiary/aromatic N) is 1. The van der Waals surface area contributed by atoms with Crippen LogP contribution in [0.1, 0.15) is 10.4 Å². The average molecular weight is 306 g/mol. The van der Waals surface area contributed by atoms with Crippen molar-refractivity contribution in [1.29, 1.82) is 0 Å². The normalized spacial score (nSPS) is 17.3. The predicted octanol–water partition coefficient (Wildman–Crippen LogP) is 1.06. The maximum Gasteiger partial charge on any atom is 0.337 e. The van der Waals surface area contributed by atoms with Crippen molar-refractivity contribution in [2.75, 3.05) is 26.3 Å². The topological polar surface area (TPSA) is 83.9 Å². The summed E-state index contributed by atoms with van der Waals surface area (Å²) in [6, 6.07) is 3.72. The van der Waals surface area contributed by atoms with E-state index < -0.39 is 16.0 Å². The molecule has 1 saturated heterocycles. The van der Waals surface area contributed by atoms with Gasteiger partial charge in [0, 0.05) is 18.1 Å². The highest BCUT2D eigenvalue weighted by molar-refractivity contribution is 7.89. The molecule has 0 atom stereocenters. The molecular weight excluding hydrogens is 294 g/mol. The molecule has 0 amide bonds. The third-order valence-electron chi connectivity index (χ3n) is 2.76. The molecule has 104 valence electrons. The van der Waals surface area contributed by atoms with Crippen LogP contribution in [0.2, 0.25) is 5.02 Å². The fraction of sp³-hybridized carbons (Fsp3) is 0.364. The molecule has 0 spiro atoms. The van der Waals surface area contributed by atoms with Gasteiger partial charge in [0.15, 0.2) is 0 Å². The molecular formula is C11H12ClNO5S. The number of aromatic carboxylic acids is 1. The molecule has 1 aromatic carbocycles. The molecule has 8 heteroatoms. The van der Waals surface area contributed by atoms with Gasteiger partial charge in [-0.05, 0) is 18.2 Å². The zero-order valence-corrected chi connectivity index (χ0v) is 11.4. The molecule has 1 heterocycles. The molecule has 2 rings (SSSR count). The number of rotatable bonds is 3. The Morgan fingerprint density at radius 3 is 2.53 bits per heavy atom. The lowest BCUT2D eigenvalue weighted by atomic mass is 10.2. The average Bonchev–Trinajstić information content (AvgIpc) is 2.39. The molecule has 1 fully saturated rings. The smallest absolute Gasteiger partial charge is 0.337 e. The van der Waals surface area contributed by atoms with Gasteiger partial charge < -0.3 is 9.84 Å². The molecule has 0 aromatic heterocycles. The minimum absolute atomic E-state index is 0.179. The summed E-state index contributed by atoms with van der Waals surface area (Å²) in [5.41, 5.74) is -0.320. The molecule has 19 heavy (non-hydrogen) atoms. The van der Waals surface area contributed by atoms with Gasteiger partial charge in [-0.2, -0.15) is 4.31 Å². The molecule has 6 nitrogen and oxygen atoms in total. The Morgan fingerprint density at radius 1 is 1.32 bits per heavy atom. The summed E-state index contributed by atoms with van der Waals surface area (Å²) in [5.74, 6) is -1.32. The summed E-state index contributed by atoms with van der Waals surface area (Å²) < 4.78 is 31.1. The Bertz CT molecular complexity index is 595. The second kappa shape index (κ2) is 5.46. The van der Waals surface area contributed by atoms with E-state index in [9.17, 15) is 13.2 Å². The first-order valence-corrected chi connectivity index (χ1v) is 7.35. The van der Waals surface area contributed by atoms with E-state index in [0.29, 0.717) is 13.2 Å². The SMILES string of the molecule is O=C(O)c1cc(Cl)ccc1S(=O)(=O)N1CCOCC1. The van der Waals surface area contributed by atoms with E-state index in [2.05, 4.69) is 0 Å². The molecule has 0 bridgehead atoms. The Balaban J connectivity index is 2.48. The highest BCUT2D eigenvalue weighted by atomic mass is 35.5. The van der Waals surface area contributed by atoms with E-state index in [1.54, 1.807) is 0 Å². The van der Waals surface area contributed by atoms with Crippen LogP contribution in [-0.2, 0) is 14.8 Å². The quantitative estimate of drug-likeness (QED) is 0.902. The van der Waals surface area contributed by atoms with Crippen LogP contribution < -0.4 is 0 Å². The minimum Gasteiger partial charge on any atom is -0.478 e. The Hall–Kier alpha value is -1.15. The summed E-state index contributed by atoms with van der Waals surface area (Å²) >= 11 is 5.71. The van der Waals surface area contributed by atoms with Gasteiger partial charge >= 0.3 is 5.97 Å². The number of halogens is 1. The molecule has 1 aliphatic rings. The standard InChI is InChI=1S/C11H12ClNO5S/c12-8-1-2-10(9(7-8)11(14)15)19(16,17)13-3-5-18-6-4-13/h1-2,7H,3-6H2,(H,14,15). The van der Waals surface area contributed by atoms with Crippen molar-refractivity contribution in [1.82, 2.24) is 4.31 Å². The van der Waals surface area contributed by atoms with Crippen LogP contribution in [0.4, 0.5) is 0 Å². The van der Waals surface area contributed by atoms with Crippen molar-refractivity contribution >= 4 is 27.6 Å². The van der Waals surface area contributed by atoms with Crippen LogP contribution in [0.5, 0.6) is 0 Å². The lowest BCUT2D eigenvalue weighted by molar-refractivity contribution is 0.0688. The lowest BCUT2D eigenvalue weighted by Gasteiger charge is -2.26. The number of morpholine rings is 1. The minimum atomic E-state index is -3.84. The number of carboxylic acid groups (broad SMARTS) is 1. The molecule has 0 saturated carbocycles. The fourth-order valence-electron chi connectivity index (χ4n) is 1.82. The van der Waals surface area contributed by atoms with Crippen LogP contribution in [0, 0.1) is 0 Å². The monoisotopic (exact) mass is 305 g/mol. The van der Waals surface area contributed by atoms with Gasteiger partial charge in [-0.1, -0.05) is 11.6 Å². The summed E-state index contributed by atoms with van der Waals surface area (Å²) in [6.07, 6.45) is 0. The van der Waals surface area contributed by atoms with Crippen LogP contribution in [0.15, 0.2) is 23.1 Å². The summed E-state index contributed by atoms with van der Waals surface area (Å²) in [4.78, 5) is 10.9. The Morgan fingerprint density at radius 2 is 1.95 bits per heavy atom. The molecule has 1 aromatic rings. The van der Waals surface area contributed by atoms with Crippen molar-refractivity contribution in [3.8, 4) is 0 Å². The Kier molecular flexibility index (Phi) is 4.10. The van der Waals surface area contributed by atoms with Crippen molar-refractivity contribution in [2.45, 2.75) is 4.90 Å². The second-order valence-electron chi connectivity index (χ2n) is 3.96. The number of hydrogen-bond donors (Lipinski definition) is 1. The molecule has 0 aliphatic carbocycles. The maximum absolute atomic E-state index is 12.4.